The molecule has 0 fully saturated rings. The van der Waals surface area contributed by atoms with Crippen molar-refractivity contribution >= 4 is 14.2 Å². The minimum Gasteiger partial charge on any atom is -0.496 e. The monoisotopic (exact) mass is 437 g/mol. The number of rotatable bonds is 10. The molecule has 0 heterocycles. The second kappa shape index (κ2) is 10.7. The zero-order valence-electron chi connectivity index (χ0n) is 19.0. The summed E-state index contributed by atoms with van der Waals surface area (Å²) < 4.78 is 11.3. The molecule has 1 aliphatic carbocycles. The molecule has 0 saturated carbocycles. The second-order valence-corrected chi connectivity index (χ2v) is 10.4. The fraction of sp³-hybridized carbons (Fsp3) is 0.346. The Labute approximate surface area is 187 Å². The Morgan fingerprint density at radius 1 is 0.968 bits per heavy atom. The first kappa shape index (κ1) is 23.2. The number of methoxy groups -OCH3 is 2. The summed E-state index contributed by atoms with van der Waals surface area (Å²) >= 11 is 0. The highest BCUT2D eigenvalue weighted by atomic mass is 31.1. The van der Waals surface area contributed by atoms with Crippen molar-refractivity contribution in [1.82, 2.24) is 4.90 Å². The third kappa shape index (κ3) is 5.26. The molecular formula is C26H32NO3P. The van der Waals surface area contributed by atoms with E-state index in [1.165, 1.54) is 11.1 Å². The average molecular weight is 438 g/mol. The highest BCUT2D eigenvalue weighted by Crippen LogP contribution is 2.55. The smallest absolute Gasteiger partial charge is 0.147 e. The van der Waals surface area contributed by atoms with Gasteiger partial charge in [-0.3, -0.25) is 4.79 Å². The van der Waals surface area contributed by atoms with Gasteiger partial charge in [0.15, 0.2) is 0 Å². The van der Waals surface area contributed by atoms with Crippen molar-refractivity contribution in [3.63, 3.8) is 0 Å². The summed E-state index contributed by atoms with van der Waals surface area (Å²) in [5, 5.41) is 0. The van der Waals surface area contributed by atoms with Gasteiger partial charge >= 0.3 is 0 Å². The van der Waals surface area contributed by atoms with Crippen molar-refractivity contribution in [2.45, 2.75) is 30.9 Å². The molecule has 1 aliphatic rings. The number of carbonyl (C=O) groups is 1. The van der Waals surface area contributed by atoms with Crippen molar-refractivity contribution < 1.29 is 14.3 Å². The maximum atomic E-state index is 12.3. The van der Waals surface area contributed by atoms with E-state index in [-0.39, 0.29) is 11.7 Å². The van der Waals surface area contributed by atoms with Crippen molar-refractivity contribution in [3.05, 3.63) is 83.0 Å². The quantitative estimate of drug-likeness (QED) is 0.375. The molecule has 2 atom stereocenters. The normalized spacial score (nSPS) is 16.8. The van der Waals surface area contributed by atoms with Gasteiger partial charge in [0.2, 0.25) is 0 Å². The summed E-state index contributed by atoms with van der Waals surface area (Å²) in [6.07, 6.45) is 7.19. The second-order valence-electron chi connectivity index (χ2n) is 8.00. The number of hydrogen-bond donors (Lipinski definition) is 0. The van der Waals surface area contributed by atoms with E-state index >= 15 is 0 Å². The molecule has 0 amide bonds. The first-order chi connectivity index (χ1) is 15.0. The predicted octanol–water partition coefficient (Wildman–Crippen LogP) is 5.27. The van der Waals surface area contributed by atoms with Gasteiger partial charge in [0.1, 0.15) is 17.8 Å². The molecule has 2 aromatic carbocycles. The number of ether oxygens (including phenoxy) is 2. The van der Waals surface area contributed by atoms with Crippen LogP contribution >= 0.6 is 7.92 Å². The number of allylic oxidation sites excluding steroid dienone is 2. The third-order valence-electron chi connectivity index (χ3n) is 5.99. The van der Waals surface area contributed by atoms with Gasteiger partial charge in [-0.25, -0.2) is 0 Å². The Bertz CT molecular complexity index is 917. The Morgan fingerprint density at radius 3 is 1.94 bits per heavy atom. The topological polar surface area (TPSA) is 38.8 Å². The number of aldehydes is 1. The molecule has 0 spiro atoms. The van der Waals surface area contributed by atoms with Crippen LogP contribution < -0.4 is 9.47 Å². The number of hydrogen-bond acceptors (Lipinski definition) is 4. The first-order valence-electron chi connectivity index (χ1n) is 10.5. The largest absolute Gasteiger partial charge is 0.496 e. The molecular weight excluding hydrogens is 405 g/mol. The molecule has 0 bridgehead atoms. The van der Waals surface area contributed by atoms with Crippen LogP contribution in [0.1, 0.15) is 18.1 Å². The van der Waals surface area contributed by atoms with Crippen LogP contribution in [0.3, 0.4) is 0 Å². The van der Waals surface area contributed by atoms with Gasteiger partial charge in [0.25, 0.3) is 0 Å². The van der Waals surface area contributed by atoms with E-state index in [1.807, 2.05) is 38.4 Å². The molecule has 2 unspecified atom stereocenters. The lowest BCUT2D eigenvalue weighted by atomic mass is 10.0. The van der Waals surface area contributed by atoms with Crippen molar-refractivity contribution in [1.29, 1.82) is 0 Å². The van der Waals surface area contributed by atoms with Crippen LogP contribution in [0.2, 0.25) is 0 Å². The van der Waals surface area contributed by atoms with Gasteiger partial charge in [-0.15, -0.1) is 0 Å². The van der Waals surface area contributed by atoms with Crippen LogP contribution in [0.25, 0.3) is 0 Å². The van der Waals surface area contributed by atoms with Crippen LogP contribution in [-0.2, 0) is 17.1 Å². The van der Waals surface area contributed by atoms with Gasteiger partial charge in [-0.1, -0.05) is 56.5 Å². The van der Waals surface area contributed by atoms with Crippen LogP contribution in [0.15, 0.2) is 71.8 Å². The minimum absolute atomic E-state index is 0.111. The Balaban J connectivity index is 2.01. The van der Waals surface area contributed by atoms with E-state index in [4.69, 9.17) is 9.47 Å². The standard InChI is InChI=1S/C26H32NO3P/c1-19(27(2)3)22-14-15-26(23(22)16-28)31(17-20-10-6-8-12-24(20)29-4)18-21-11-7-9-13-25(21)30-5/h6-16,19,26H,17-18H2,1-5H3. The summed E-state index contributed by atoms with van der Waals surface area (Å²) in [5.41, 5.74) is 4.51. The van der Waals surface area contributed by atoms with Crippen LogP contribution in [0.5, 0.6) is 11.5 Å². The maximum Gasteiger partial charge on any atom is 0.147 e. The minimum atomic E-state index is -0.628. The van der Waals surface area contributed by atoms with Crippen LogP contribution in [0, 0.1) is 0 Å². The number of benzene rings is 2. The molecule has 0 saturated heterocycles. The molecule has 0 aromatic heterocycles. The van der Waals surface area contributed by atoms with Crippen LogP contribution in [0.4, 0.5) is 0 Å². The molecule has 0 aliphatic heterocycles. The Morgan fingerprint density at radius 2 is 1.48 bits per heavy atom. The molecule has 164 valence electrons. The molecule has 4 nitrogen and oxygen atoms in total. The third-order valence-corrected chi connectivity index (χ3v) is 8.72. The molecule has 3 rings (SSSR count). The average Bonchev–Trinajstić information content (AvgIpc) is 3.22. The lowest BCUT2D eigenvalue weighted by Gasteiger charge is -2.27. The lowest BCUT2D eigenvalue weighted by molar-refractivity contribution is -0.105. The molecule has 0 radical (unpaired) electrons. The zero-order chi connectivity index (χ0) is 22.4. The van der Waals surface area contributed by atoms with Gasteiger partial charge in [-0.05, 0) is 62.2 Å². The van der Waals surface area contributed by atoms with E-state index in [0.717, 1.165) is 41.3 Å². The highest BCUT2D eigenvalue weighted by Gasteiger charge is 2.31. The Kier molecular flexibility index (Phi) is 8.06. The number of para-hydroxylation sites is 2. The lowest BCUT2D eigenvalue weighted by Crippen LogP contribution is -2.27. The van der Waals surface area contributed by atoms with E-state index in [9.17, 15) is 4.79 Å². The number of likely N-dealkylation sites (N-methyl/N-ethyl adjacent to an activating group) is 1. The van der Waals surface area contributed by atoms with Gasteiger partial charge in [0.05, 0.1) is 14.2 Å². The van der Waals surface area contributed by atoms with Crippen molar-refractivity contribution in [2.75, 3.05) is 28.3 Å². The Hall–Kier alpha value is -2.42. The predicted molar refractivity (Wildman–Crippen MR) is 129 cm³/mol. The fourth-order valence-corrected chi connectivity index (χ4v) is 6.87. The molecule has 0 N–H and O–H groups in total. The van der Waals surface area contributed by atoms with Gasteiger partial charge in [-0.2, -0.15) is 0 Å². The number of nitrogens with zero attached hydrogens (tertiary/aromatic N) is 1. The zero-order valence-corrected chi connectivity index (χ0v) is 19.9. The number of carbonyl (C=O) groups excluding carboxylic acids is 1. The SMILES string of the molecule is COc1ccccc1CP(Cc1ccccc1OC)C1C=CC(C(C)N(C)C)=C1C=O. The molecule has 5 heteroatoms. The van der Waals surface area contributed by atoms with E-state index in [1.54, 1.807) is 14.2 Å². The summed E-state index contributed by atoms with van der Waals surface area (Å²) in [6.45, 7) is 2.15. The van der Waals surface area contributed by atoms with E-state index in [0.29, 0.717) is 0 Å². The fourth-order valence-electron chi connectivity index (χ4n) is 4.04. The van der Waals surface area contributed by atoms with Crippen molar-refractivity contribution in [3.8, 4) is 11.5 Å². The van der Waals surface area contributed by atoms with Crippen molar-refractivity contribution in [2.24, 2.45) is 0 Å². The summed E-state index contributed by atoms with van der Waals surface area (Å²) in [5.74, 6) is 1.80. The van der Waals surface area contributed by atoms with Gasteiger partial charge in [0, 0.05) is 17.3 Å². The summed E-state index contributed by atoms with van der Waals surface area (Å²) in [4.78, 5) is 14.4. The van der Waals surface area contributed by atoms with Crippen LogP contribution in [-0.4, -0.2) is 51.2 Å². The molecule has 2 aromatic rings. The van der Waals surface area contributed by atoms with E-state index < -0.39 is 7.92 Å². The van der Waals surface area contributed by atoms with Gasteiger partial charge < -0.3 is 14.4 Å². The highest BCUT2D eigenvalue weighted by molar-refractivity contribution is 7.57. The summed E-state index contributed by atoms with van der Waals surface area (Å²) in [6, 6.07) is 16.5. The first-order valence-corrected chi connectivity index (χ1v) is 12.3. The molecule has 31 heavy (non-hydrogen) atoms. The van der Waals surface area contributed by atoms with E-state index in [2.05, 4.69) is 48.2 Å². The summed E-state index contributed by atoms with van der Waals surface area (Å²) in [7, 11) is 6.90. The maximum absolute atomic E-state index is 12.3.